The van der Waals surface area contributed by atoms with Gasteiger partial charge in [-0.1, -0.05) is 17.7 Å². The highest BCUT2D eigenvalue weighted by molar-refractivity contribution is 7.99. The molecule has 1 spiro atoms. The molecule has 0 radical (unpaired) electrons. The maximum absolute atomic E-state index is 12.2. The van der Waals surface area contributed by atoms with Crippen LogP contribution in [0.5, 0.6) is 0 Å². The second-order valence-corrected chi connectivity index (χ2v) is 7.49. The fourth-order valence-corrected chi connectivity index (χ4v) is 4.06. The van der Waals surface area contributed by atoms with Gasteiger partial charge in [-0.15, -0.1) is 24.2 Å². The molecule has 0 bridgehead atoms. The van der Waals surface area contributed by atoms with Gasteiger partial charge in [0.15, 0.2) is 0 Å². The lowest BCUT2D eigenvalue weighted by atomic mass is 9.92. The van der Waals surface area contributed by atoms with Gasteiger partial charge in [-0.2, -0.15) is 0 Å². The highest BCUT2D eigenvalue weighted by Gasteiger charge is 2.57. The summed E-state index contributed by atoms with van der Waals surface area (Å²) < 4.78 is 0. The zero-order valence-corrected chi connectivity index (χ0v) is 14.7. The van der Waals surface area contributed by atoms with Gasteiger partial charge in [-0.05, 0) is 56.8 Å². The van der Waals surface area contributed by atoms with Crippen LogP contribution < -0.4 is 10.6 Å². The number of thioether (sulfide) groups is 1. The summed E-state index contributed by atoms with van der Waals surface area (Å²) in [6.45, 7) is 5.02. The second-order valence-electron chi connectivity index (χ2n) is 6.32. The van der Waals surface area contributed by atoms with Gasteiger partial charge in [0.25, 0.3) is 0 Å². The molecule has 1 saturated heterocycles. The Bertz CT molecular complexity index is 500. The maximum Gasteiger partial charge on any atom is 0.223 e. The van der Waals surface area contributed by atoms with Crippen LogP contribution in [0.3, 0.4) is 0 Å². The SMILES string of the molecule is Cc1ccc(SCCNC(=O)C2CC23CCNCC3)cc1.Cl. The highest BCUT2D eigenvalue weighted by atomic mass is 35.5. The number of piperidine rings is 1. The van der Waals surface area contributed by atoms with Gasteiger partial charge in [0.05, 0.1) is 0 Å². The number of carbonyl (C=O) groups is 1. The molecule has 1 aromatic carbocycles. The van der Waals surface area contributed by atoms with E-state index in [4.69, 9.17) is 0 Å². The van der Waals surface area contributed by atoms with Crippen molar-refractivity contribution in [2.45, 2.75) is 31.1 Å². The van der Waals surface area contributed by atoms with Crippen molar-refractivity contribution in [2.75, 3.05) is 25.4 Å². The van der Waals surface area contributed by atoms with Gasteiger partial charge in [0.1, 0.15) is 0 Å². The molecule has 1 heterocycles. The highest BCUT2D eigenvalue weighted by Crippen LogP contribution is 2.58. The van der Waals surface area contributed by atoms with Crippen molar-refractivity contribution in [3.05, 3.63) is 29.8 Å². The number of amides is 1. The summed E-state index contributed by atoms with van der Waals surface area (Å²) >= 11 is 1.81. The average molecular weight is 341 g/mol. The minimum absolute atomic E-state index is 0. The van der Waals surface area contributed by atoms with Crippen LogP contribution in [-0.4, -0.2) is 31.3 Å². The van der Waals surface area contributed by atoms with Gasteiger partial charge in [0, 0.05) is 23.1 Å². The lowest BCUT2D eigenvalue weighted by Gasteiger charge is -2.23. The van der Waals surface area contributed by atoms with Crippen LogP contribution in [0.15, 0.2) is 29.2 Å². The number of halogens is 1. The minimum atomic E-state index is 0. The van der Waals surface area contributed by atoms with Gasteiger partial charge >= 0.3 is 0 Å². The fourth-order valence-electron chi connectivity index (χ4n) is 3.30. The molecule has 3 rings (SSSR count). The summed E-state index contributed by atoms with van der Waals surface area (Å²) in [4.78, 5) is 13.5. The first kappa shape index (κ1) is 17.6. The predicted molar refractivity (Wildman–Crippen MR) is 94.8 cm³/mol. The molecule has 3 nitrogen and oxygen atoms in total. The Morgan fingerprint density at radius 1 is 1.32 bits per heavy atom. The number of nitrogens with one attached hydrogen (secondary N) is 2. The zero-order chi connectivity index (χ0) is 14.7. The monoisotopic (exact) mass is 340 g/mol. The number of hydrogen-bond donors (Lipinski definition) is 2. The first-order valence-electron chi connectivity index (χ1n) is 7.88. The molecule has 2 N–H and O–H groups in total. The zero-order valence-electron chi connectivity index (χ0n) is 13.1. The van der Waals surface area contributed by atoms with Crippen molar-refractivity contribution in [1.29, 1.82) is 0 Å². The Kier molecular flexibility index (Phi) is 6.18. The third kappa shape index (κ3) is 4.18. The van der Waals surface area contributed by atoms with E-state index >= 15 is 0 Å². The Labute approximate surface area is 143 Å². The van der Waals surface area contributed by atoms with Crippen molar-refractivity contribution in [3.63, 3.8) is 0 Å². The number of rotatable bonds is 5. The van der Waals surface area contributed by atoms with E-state index in [-0.39, 0.29) is 24.2 Å². The van der Waals surface area contributed by atoms with Gasteiger partial charge < -0.3 is 10.6 Å². The minimum Gasteiger partial charge on any atom is -0.355 e. The Morgan fingerprint density at radius 3 is 2.68 bits per heavy atom. The van der Waals surface area contributed by atoms with Gasteiger partial charge in [-0.25, -0.2) is 0 Å². The van der Waals surface area contributed by atoms with Crippen molar-refractivity contribution >= 4 is 30.1 Å². The Hall–Kier alpha value is -0.710. The first-order valence-corrected chi connectivity index (χ1v) is 8.86. The molecule has 22 heavy (non-hydrogen) atoms. The molecule has 0 aromatic heterocycles. The molecular weight excluding hydrogens is 316 g/mol. The van der Waals surface area contributed by atoms with Crippen molar-refractivity contribution in [3.8, 4) is 0 Å². The molecule has 1 saturated carbocycles. The van der Waals surface area contributed by atoms with Gasteiger partial charge in [-0.3, -0.25) is 4.79 Å². The number of benzene rings is 1. The molecule has 1 aromatic rings. The Balaban J connectivity index is 0.00000176. The summed E-state index contributed by atoms with van der Waals surface area (Å²) in [6.07, 6.45) is 3.44. The summed E-state index contributed by atoms with van der Waals surface area (Å²) in [5.74, 6) is 1.50. The third-order valence-electron chi connectivity index (χ3n) is 4.80. The van der Waals surface area contributed by atoms with Crippen molar-refractivity contribution in [2.24, 2.45) is 11.3 Å². The summed E-state index contributed by atoms with van der Waals surface area (Å²) in [5.41, 5.74) is 1.63. The van der Waals surface area contributed by atoms with Crippen molar-refractivity contribution < 1.29 is 4.79 Å². The van der Waals surface area contributed by atoms with E-state index in [9.17, 15) is 4.79 Å². The molecule has 1 aliphatic carbocycles. The number of carbonyl (C=O) groups excluding carboxylic acids is 1. The van der Waals surface area contributed by atoms with Crippen molar-refractivity contribution in [1.82, 2.24) is 10.6 Å². The third-order valence-corrected chi connectivity index (χ3v) is 5.81. The van der Waals surface area contributed by atoms with Crippen LogP contribution >= 0.6 is 24.2 Å². The van der Waals surface area contributed by atoms with Crippen LogP contribution in [0.1, 0.15) is 24.8 Å². The quantitative estimate of drug-likeness (QED) is 0.639. The van der Waals surface area contributed by atoms with E-state index in [0.717, 1.165) is 31.8 Å². The molecule has 1 unspecified atom stereocenters. The molecule has 1 atom stereocenters. The second kappa shape index (κ2) is 7.71. The lowest BCUT2D eigenvalue weighted by molar-refractivity contribution is -0.123. The predicted octanol–water partition coefficient (Wildman–Crippen LogP) is 3.01. The molecule has 1 amide bonds. The van der Waals surface area contributed by atoms with Crippen LogP contribution in [0.25, 0.3) is 0 Å². The molecule has 122 valence electrons. The Morgan fingerprint density at radius 2 is 2.00 bits per heavy atom. The standard InChI is InChI=1S/C17H24N2OS.ClH/c1-13-2-4-14(5-3-13)21-11-10-19-16(20)15-12-17(15)6-8-18-9-7-17;/h2-5,15,18H,6-12H2,1H3,(H,19,20);1H. The van der Waals surface area contributed by atoms with E-state index in [2.05, 4.69) is 41.8 Å². The molecule has 2 fully saturated rings. The molecule has 5 heteroatoms. The summed E-state index contributed by atoms with van der Waals surface area (Å²) in [5, 5.41) is 6.50. The van der Waals surface area contributed by atoms with Crippen LogP contribution in [0.2, 0.25) is 0 Å². The van der Waals surface area contributed by atoms with Gasteiger partial charge in [0.2, 0.25) is 5.91 Å². The number of aryl methyl sites for hydroxylation is 1. The lowest BCUT2D eigenvalue weighted by Crippen LogP contribution is -2.34. The largest absolute Gasteiger partial charge is 0.355 e. The summed E-state index contributed by atoms with van der Waals surface area (Å²) in [6, 6.07) is 8.55. The van der Waals surface area contributed by atoms with E-state index in [1.165, 1.54) is 23.3 Å². The molecular formula is C17H25ClN2OS. The summed E-state index contributed by atoms with van der Waals surface area (Å²) in [7, 11) is 0. The molecule has 2 aliphatic rings. The average Bonchev–Trinajstić information content (AvgIpc) is 3.19. The normalized spacial score (nSPS) is 22.0. The maximum atomic E-state index is 12.2. The van der Waals surface area contributed by atoms with E-state index in [1.54, 1.807) is 11.8 Å². The van der Waals surface area contributed by atoms with Crippen LogP contribution in [0, 0.1) is 18.3 Å². The van der Waals surface area contributed by atoms with E-state index < -0.39 is 0 Å². The number of hydrogen-bond acceptors (Lipinski definition) is 3. The van der Waals surface area contributed by atoms with E-state index in [1.807, 2.05) is 0 Å². The smallest absolute Gasteiger partial charge is 0.223 e. The first-order chi connectivity index (χ1) is 10.2. The van der Waals surface area contributed by atoms with E-state index in [0.29, 0.717) is 5.41 Å². The molecule has 1 aliphatic heterocycles. The fraction of sp³-hybridized carbons (Fsp3) is 0.588. The van der Waals surface area contributed by atoms with Crippen LogP contribution in [0.4, 0.5) is 0 Å². The topological polar surface area (TPSA) is 41.1 Å². The van der Waals surface area contributed by atoms with Crippen LogP contribution in [-0.2, 0) is 4.79 Å².